The molecule has 0 unspecified atom stereocenters. The summed E-state index contributed by atoms with van der Waals surface area (Å²) < 4.78 is 0. The molecule has 0 radical (unpaired) electrons. The highest BCUT2D eigenvalue weighted by atomic mass is 15.1. The lowest BCUT2D eigenvalue weighted by Crippen LogP contribution is -2.17. The SMILES string of the molecule is CC1(C)c2ccccc2-c2ccc(N(c3ccccc3)c3ccc(-c4nc(-c5ccccc5)nc(-c5ccccc5)n4)c4c3-c3ccccc3C4)cc21. The first kappa shape index (κ1) is 31.1. The van der Waals surface area contributed by atoms with Gasteiger partial charge in [-0.2, -0.15) is 0 Å². The maximum Gasteiger partial charge on any atom is 0.164 e. The van der Waals surface area contributed by atoms with Crippen LogP contribution in [0.2, 0.25) is 0 Å². The highest BCUT2D eigenvalue weighted by Crippen LogP contribution is 2.53. The summed E-state index contributed by atoms with van der Waals surface area (Å²) in [5.41, 5.74) is 16.5. The van der Waals surface area contributed by atoms with Gasteiger partial charge in [0.05, 0.1) is 5.69 Å². The molecular weight excluding hydrogens is 645 g/mol. The van der Waals surface area contributed by atoms with E-state index >= 15 is 0 Å². The number of benzene rings is 7. The zero-order chi connectivity index (χ0) is 35.5. The van der Waals surface area contributed by atoms with Crippen molar-refractivity contribution in [1.29, 1.82) is 0 Å². The molecule has 4 nitrogen and oxygen atoms in total. The van der Waals surface area contributed by atoms with E-state index in [1.807, 2.05) is 36.4 Å². The van der Waals surface area contributed by atoms with Crippen molar-refractivity contribution in [2.24, 2.45) is 0 Å². The molecule has 0 aliphatic heterocycles. The zero-order valence-corrected chi connectivity index (χ0v) is 29.7. The molecule has 0 atom stereocenters. The summed E-state index contributed by atoms with van der Waals surface area (Å²) in [6.45, 7) is 4.69. The third-order valence-corrected chi connectivity index (χ3v) is 11.0. The standard InChI is InChI=1S/C49H36N4/c1-49(2)42-25-15-14-24-38(42)39-27-26-36(31-43(39)49)53(35-21-10-5-11-22-35)44-29-28-40(41-30-34-20-12-13-23-37(34)45(41)44)48-51-46(32-16-6-3-7-17-32)50-47(52-48)33-18-8-4-9-19-33/h3-29,31H,30H2,1-2H3. The zero-order valence-electron chi connectivity index (χ0n) is 29.7. The summed E-state index contributed by atoms with van der Waals surface area (Å²) in [5.74, 6) is 2.00. The van der Waals surface area contributed by atoms with Crippen molar-refractivity contribution < 1.29 is 0 Å². The van der Waals surface area contributed by atoms with Gasteiger partial charge in [-0.25, -0.2) is 15.0 Å². The lowest BCUT2D eigenvalue weighted by Gasteiger charge is -2.30. The molecule has 0 saturated carbocycles. The Labute approximate surface area is 310 Å². The second-order valence-corrected chi connectivity index (χ2v) is 14.4. The van der Waals surface area contributed by atoms with Crippen LogP contribution in [0.15, 0.2) is 170 Å². The average Bonchev–Trinajstić information content (AvgIpc) is 3.72. The van der Waals surface area contributed by atoms with Crippen LogP contribution in [-0.4, -0.2) is 15.0 Å². The molecule has 2 aliphatic rings. The first-order chi connectivity index (χ1) is 26.0. The Morgan fingerprint density at radius 1 is 0.453 bits per heavy atom. The highest BCUT2D eigenvalue weighted by Gasteiger charge is 2.36. The van der Waals surface area contributed by atoms with E-state index in [1.165, 1.54) is 44.5 Å². The van der Waals surface area contributed by atoms with Crippen molar-refractivity contribution in [3.8, 4) is 56.4 Å². The van der Waals surface area contributed by atoms with Crippen LogP contribution in [0.4, 0.5) is 17.1 Å². The lowest BCUT2D eigenvalue weighted by molar-refractivity contribution is 0.660. The summed E-state index contributed by atoms with van der Waals surface area (Å²) in [6, 6.07) is 60.3. The van der Waals surface area contributed by atoms with E-state index in [0.29, 0.717) is 17.5 Å². The van der Waals surface area contributed by atoms with Crippen molar-refractivity contribution in [3.63, 3.8) is 0 Å². The quantitative estimate of drug-likeness (QED) is 0.175. The van der Waals surface area contributed by atoms with E-state index < -0.39 is 0 Å². The third-order valence-electron chi connectivity index (χ3n) is 11.0. The van der Waals surface area contributed by atoms with Gasteiger partial charge < -0.3 is 4.90 Å². The van der Waals surface area contributed by atoms with E-state index in [2.05, 4.69) is 152 Å². The second-order valence-electron chi connectivity index (χ2n) is 14.4. The van der Waals surface area contributed by atoms with E-state index in [0.717, 1.165) is 40.2 Å². The molecule has 252 valence electrons. The normalized spacial score (nSPS) is 13.2. The topological polar surface area (TPSA) is 41.9 Å². The summed E-state index contributed by atoms with van der Waals surface area (Å²) in [6.07, 6.45) is 0.789. The summed E-state index contributed by atoms with van der Waals surface area (Å²) in [5, 5.41) is 0. The Hall–Kier alpha value is -6.65. The third kappa shape index (κ3) is 5.09. The van der Waals surface area contributed by atoms with Crippen molar-refractivity contribution >= 4 is 17.1 Å². The summed E-state index contributed by atoms with van der Waals surface area (Å²) in [4.78, 5) is 17.8. The van der Waals surface area contributed by atoms with Gasteiger partial charge in [-0.15, -0.1) is 0 Å². The monoisotopic (exact) mass is 680 g/mol. The van der Waals surface area contributed by atoms with Gasteiger partial charge in [0.1, 0.15) is 0 Å². The van der Waals surface area contributed by atoms with Crippen LogP contribution < -0.4 is 4.90 Å². The van der Waals surface area contributed by atoms with Gasteiger partial charge in [0.25, 0.3) is 0 Å². The fraction of sp³-hybridized carbons (Fsp3) is 0.0816. The fourth-order valence-electron chi connectivity index (χ4n) is 8.39. The van der Waals surface area contributed by atoms with Crippen LogP contribution in [0.25, 0.3) is 56.4 Å². The number of hydrogen-bond acceptors (Lipinski definition) is 4. The number of fused-ring (bicyclic) bond motifs is 6. The second kappa shape index (κ2) is 12.2. The van der Waals surface area contributed by atoms with Gasteiger partial charge in [-0.1, -0.05) is 147 Å². The van der Waals surface area contributed by atoms with E-state index in [9.17, 15) is 0 Å². The molecule has 0 saturated heterocycles. The molecule has 4 heteroatoms. The molecule has 0 bridgehead atoms. The minimum absolute atomic E-state index is 0.117. The predicted octanol–water partition coefficient (Wildman–Crippen LogP) is 12.2. The van der Waals surface area contributed by atoms with Gasteiger partial charge in [0.2, 0.25) is 0 Å². The minimum Gasteiger partial charge on any atom is -0.310 e. The van der Waals surface area contributed by atoms with Crippen LogP contribution in [0.3, 0.4) is 0 Å². The van der Waals surface area contributed by atoms with Gasteiger partial charge >= 0.3 is 0 Å². The van der Waals surface area contributed by atoms with Crippen molar-refractivity contribution in [2.75, 3.05) is 4.90 Å². The van der Waals surface area contributed by atoms with Crippen LogP contribution >= 0.6 is 0 Å². The summed E-state index contributed by atoms with van der Waals surface area (Å²) >= 11 is 0. The van der Waals surface area contributed by atoms with E-state index in [-0.39, 0.29) is 5.41 Å². The number of anilines is 3. The Kier molecular flexibility index (Phi) is 7.19. The molecule has 0 spiro atoms. The number of hydrogen-bond donors (Lipinski definition) is 0. The van der Waals surface area contributed by atoms with E-state index in [4.69, 9.17) is 15.0 Å². The molecule has 0 amide bonds. The molecule has 0 N–H and O–H groups in total. The molecule has 2 aliphatic carbocycles. The first-order valence-electron chi connectivity index (χ1n) is 18.3. The lowest BCUT2D eigenvalue weighted by atomic mass is 9.82. The Bertz CT molecular complexity index is 2610. The molecule has 1 heterocycles. The molecule has 53 heavy (non-hydrogen) atoms. The molecule has 8 aromatic rings. The van der Waals surface area contributed by atoms with Crippen LogP contribution in [0, 0.1) is 0 Å². The fourth-order valence-corrected chi connectivity index (χ4v) is 8.39. The Balaban J connectivity index is 1.20. The van der Waals surface area contributed by atoms with Crippen molar-refractivity contribution in [3.05, 3.63) is 192 Å². The highest BCUT2D eigenvalue weighted by molar-refractivity contribution is 5.97. The molecule has 7 aromatic carbocycles. The van der Waals surface area contributed by atoms with Crippen LogP contribution in [-0.2, 0) is 11.8 Å². The molecular formula is C49H36N4. The number of rotatable bonds is 6. The number of para-hydroxylation sites is 1. The Morgan fingerprint density at radius 3 is 1.70 bits per heavy atom. The summed E-state index contributed by atoms with van der Waals surface area (Å²) in [7, 11) is 0. The van der Waals surface area contributed by atoms with Gasteiger partial charge in [-0.3, -0.25) is 0 Å². The maximum absolute atomic E-state index is 5.17. The smallest absolute Gasteiger partial charge is 0.164 e. The Morgan fingerprint density at radius 2 is 1.00 bits per heavy atom. The molecule has 1 aromatic heterocycles. The van der Waals surface area contributed by atoms with Gasteiger partial charge in [-0.05, 0) is 81.8 Å². The maximum atomic E-state index is 5.17. The van der Waals surface area contributed by atoms with Crippen molar-refractivity contribution in [1.82, 2.24) is 15.0 Å². The largest absolute Gasteiger partial charge is 0.310 e. The number of aromatic nitrogens is 3. The van der Waals surface area contributed by atoms with Gasteiger partial charge in [0, 0.05) is 39.0 Å². The van der Waals surface area contributed by atoms with Crippen molar-refractivity contribution in [2.45, 2.75) is 25.7 Å². The van der Waals surface area contributed by atoms with Crippen LogP contribution in [0.1, 0.15) is 36.1 Å². The predicted molar refractivity (Wildman–Crippen MR) is 217 cm³/mol. The first-order valence-corrected chi connectivity index (χ1v) is 18.3. The average molecular weight is 681 g/mol. The number of nitrogens with zero attached hydrogens (tertiary/aromatic N) is 4. The minimum atomic E-state index is -0.117. The molecule has 0 fully saturated rings. The van der Waals surface area contributed by atoms with Gasteiger partial charge in [0.15, 0.2) is 17.5 Å². The molecule has 10 rings (SSSR count). The van der Waals surface area contributed by atoms with Crippen LogP contribution in [0.5, 0.6) is 0 Å². The van der Waals surface area contributed by atoms with E-state index in [1.54, 1.807) is 0 Å².